The Bertz CT molecular complexity index is 663. The van der Waals surface area contributed by atoms with Crippen LogP contribution in [-0.4, -0.2) is 33.1 Å². The van der Waals surface area contributed by atoms with Crippen LogP contribution in [0.3, 0.4) is 0 Å². The van der Waals surface area contributed by atoms with Crippen molar-refractivity contribution in [2.75, 3.05) is 0 Å². The van der Waals surface area contributed by atoms with Crippen LogP contribution in [0.25, 0.3) is 0 Å². The van der Waals surface area contributed by atoms with Crippen molar-refractivity contribution in [3.8, 4) is 0 Å². The molecule has 3 N–H and O–H groups in total. The molecule has 0 spiro atoms. The van der Waals surface area contributed by atoms with Crippen molar-refractivity contribution >= 4 is 0 Å². The van der Waals surface area contributed by atoms with E-state index in [0.29, 0.717) is 29.6 Å². The Kier molecular flexibility index (Phi) is 6.89. The summed E-state index contributed by atoms with van der Waals surface area (Å²) in [5.41, 5.74) is -0.984. The van der Waals surface area contributed by atoms with Gasteiger partial charge in [-0.2, -0.15) is 0 Å². The first kappa shape index (κ1) is 25.0. The second-order valence-electron chi connectivity index (χ2n) is 13.6. The lowest BCUT2D eigenvalue weighted by atomic mass is 9.42. The summed E-state index contributed by atoms with van der Waals surface area (Å²) in [6, 6.07) is 0. The highest BCUT2D eigenvalue weighted by molar-refractivity contribution is 5.17. The topological polar surface area (TPSA) is 60.7 Å². The standard InChI is InChI=1S/C29H52O3/c1-7-20(18(2)3)9-8-19(4)23-10-11-24-22-16-26(31)29(32)17-21(30)12-15-28(29,6)25(22)13-14-27(23,24)5/h18-26,30-32H,7-17H2,1-6H3/t19?,20?,21-,22?,23?,24?,25?,26+,27?,28?,29-/m0/s1. The first-order valence-corrected chi connectivity index (χ1v) is 14.1. The average molecular weight is 449 g/mol. The van der Waals surface area contributed by atoms with E-state index in [2.05, 4.69) is 41.5 Å². The maximum Gasteiger partial charge on any atom is 0.0985 e. The van der Waals surface area contributed by atoms with Gasteiger partial charge in [0.15, 0.2) is 0 Å². The molecule has 186 valence electrons. The summed E-state index contributed by atoms with van der Waals surface area (Å²) in [6.45, 7) is 14.5. The minimum atomic E-state index is -1.11. The van der Waals surface area contributed by atoms with Gasteiger partial charge < -0.3 is 15.3 Å². The highest BCUT2D eigenvalue weighted by atomic mass is 16.3. The quantitative estimate of drug-likeness (QED) is 0.454. The van der Waals surface area contributed by atoms with Crippen molar-refractivity contribution in [2.45, 2.75) is 130 Å². The number of rotatable bonds is 6. The average Bonchev–Trinajstić information content (AvgIpc) is 3.08. The Balaban J connectivity index is 1.51. The van der Waals surface area contributed by atoms with Crippen LogP contribution < -0.4 is 0 Å². The third-order valence-corrected chi connectivity index (χ3v) is 12.1. The molecule has 3 heteroatoms. The van der Waals surface area contributed by atoms with Crippen LogP contribution in [0.5, 0.6) is 0 Å². The van der Waals surface area contributed by atoms with E-state index in [9.17, 15) is 15.3 Å². The molecule has 0 bridgehead atoms. The minimum absolute atomic E-state index is 0.259. The van der Waals surface area contributed by atoms with Gasteiger partial charge in [0.2, 0.25) is 0 Å². The highest BCUT2D eigenvalue weighted by Gasteiger charge is 2.67. The molecule has 0 heterocycles. The molecule has 0 aromatic carbocycles. The number of fused-ring (bicyclic) bond motifs is 5. The van der Waals surface area contributed by atoms with Gasteiger partial charge in [0.1, 0.15) is 0 Å². The number of hydrogen-bond acceptors (Lipinski definition) is 3. The Morgan fingerprint density at radius 1 is 0.906 bits per heavy atom. The van der Waals surface area contributed by atoms with Crippen molar-refractivity contribution < 1.29 is 15.3 Å². The maximum absolute atomic E-state index is 11.7. The molecule has 0 aromatic rings. The lowest BCUT2D eigenvalue weighted by molar-refractivity contribution is -0.264. The molecule has 8 unspecified atom stereocenters. The molecule has 4 fully saturated rings. The van der Waals surface area contributed by atoms with Gasteiger partial charge in [0, 0.05) is 11.8 Å². The second kappa shape index (κ2) is 8.83. The molecular weight excluding hydrogens is 396 g/mol. The molecule has 3 nitrogen and oxygen atoms in total. The Morgan fingerprint density at radius 2 is 1.62 bits per heavy atom. The Hall–Kier alpha value is -0.120. The van der Waals surface area contributed by atoms with E-state index >= 15 is 0 Å². The van der Waals surface area contributed by atoms with Gasteiger partial charge in [-0.15, -0.1) is 0 Å². The molecular formula is C29H52O3. The summed E-state index contributed by atoms with van der Waals surface area (Å²) < 4.78 is 0. The van der Waals surface area contributed by atoms with Crippen molar-refractivity contribution in [1.29, 1.82) is 0 Å². The van der Waals surface area contributed by atoms with E-state index in [1.54, 1.807) is 0 Å². The SMILES string of the molecule is CCC(CCC(C)C1CCC2C3C[C@@H](O)[C@@]4(O)C[C@@H](O)CCC4(C)C3CCC12C)C(C)C. The lowest BCUT2D eigenvalue weighted by Crippen LogP contribution is -2.68. The van der Waals surface area contributed by atoms with Gasteiger partial charge in [-0.25, -0.2) is 0 Å². The molecule has 4 rings (SSSR count). The summed E-state index contributed by atoms with van der Waals surface area (Å²) in [6.07, 6.45) is 10.7. The van der Waals surface area contributed by atoms with Gasteiger partial charge in [0.25, 0.3) is 0 Å². The summed E-state index contributed by atoms with van der Waals surface area (Å²) in [5, 5.41) is 33.2. The fourth-order valence-corrected chi connectivity index (χ4v) is 9.92. The number of hydrogen-bond donors (Lipinski definition) is 3. The van der Waals surface area contributed by atoms with Crippen LogP contribution in [0.4, 0.5) is 0 Å². The fourth-order valence-electron chi connectivity index (χ4n) is 9.92. The summed E-state index contributed by atoms with van der Waals surface area (Å²) in [7, 11) is 0. The van der Waals surface area contributed by atoms with Crippen LogP contribution >= 0.6 is 0 Å². The zero-order valence-corrected chi connectivity index (χ0v) is 21.8. The second-order valence-corrected chi connectivity index (χ2v) is 13.6. The molecule has 11 atom stereocenters. The zero-order valence-electron chi connectivity index (χ0n) is 21.8. The molecule has 4 aliphatic rings. The molecule has 0 amide bonds. The van der Waals surface area contributed by atoms with Gasteiger partial charge in [-0.05, 0) is 98.2 Å². The van der Waals surface area contributed by atoms with E-state index < -0.39 is 17.8 Å². The molecule has 0 radical (unpaired) electrons. The monoisotopic (exact) mass is 448 g/mol. The first-order valence-electron chi connectivity index (χ1n) is 14.1. The number of aliphatic hydroxyl groups is 3. The van der Waals surface area contributed by atoms with Crippen LogP contribution in [0.2, 0.25) is 0 Å². The molecule has 32 heavy (non-hydrogen) atoms. The molecule has 0 aliphatic heterocycles. The van der Waals surface area contributed by atoms with Crippen LogP contribution in [-0.2, 0) is 0 Å². The van der Waals surface area contributed by atoms with Crippen molar-refractivity contribution in [2.24, 2.45) is 52.3 Å². The van der Waals surface area contributed by atoms with Crippen LogP contribution in [0.1, 0.15) is 112 Å². The largest absolute Gasteiger partial charge is 0.393 e. The van der Waals surface area contributed by atoms with E-state index in [1.165, 1.54) is 44.9 Å². The van der Waals surface area contributed by atoms with E-state index in [1.807, 2.05) is 0 Å². The van der Waals surface area contributed by atoms with Crippen molar-refractivity contribution in [3.05, 3.63) is 0 Å². The normalized spacial score (nSPS) is 50.4. The van der Waals surface area contributed by atoms with Crippen LogP contribution in [0, 0.1) is 52.3 Å². The molecule has 0 aromatic heterocycles. The lowest BCUT2D eigenvalue weighted by Gasteiger charge is -2.65. The highest BCUT2D eigenvalue weighted by Crippen LogP contribution is 2.69. The Morgan fingerprint density at radius 3 is 2.28 bits per heavy atom. The summed E-state index contributed by atoms with van der Waals surface area (Å²) >= 11 is 0. The van der Waals surface area contributed by atoms with E-state index in [0.717, 1.165) is 42.9 Å². The van der Waals surface area contributed by atoms with E-state index in [4.69, 9.17) is 0 Å². The number of aliphatic hydroxyl groups excluding tert-OH is 2. The van der Waals surface area contributed by atoms with Crippen molar-refractivity contribution in [1.82, 2.24) is 0 Å². The predicted octanol–water partition coefficient (Wildman–Crippen LogP) is 6.19. The third kappa shape index (κ3) is 3.72. The summed E-state index contributed by atoms with van der Waals surface area (Å²) in [5.74, 6) is 4.92. The molecule has 4 saturated carbocycles. The summed E-state index contributed by atoms with van der Waals surface area (Å²) in [4.78, 5) is 0. The maximum atomic E-state index is 11.7. The van der Waals surface area contributed by atoms with Gasteiger partial charge in [0.05, 0.1) is 17.8 Å². The third-order valence-electron chi connectivity index (χ3n) is 12.1. The first-order chi connectivity index (χ1) is 15.0. The van der Waals surface area contributed by atoms with Gasteiger partial charge in [-0.3, -0.25) is 0 Å². The molecule has 4 aliphatic carbocycles. The van der Waals surface area contributed by atoms with Crippen LogP contribution in [0.15, 0.2) is 0 Å². The minimum Gasteiger partial charge on any atom is -0.393 e. The van der Waals surface area contributed by atoms with Gasteiger partial charge >= 0.3 is 0 Å². The van der Waals surface area contributed by atoms with Crippen molar-refractivity contribution in [3.63, 3.8) is 0 Å². The predicted molar refractivity (Wildman–Crippen MR) is 131 cm³/mol. The fraction of sp³-hybridized carbons (Fsp3) is 1.00. The van der Waals surface area contributed by atoms with Gasteiger partial charge in [-0.1, -0.05) is 54.4 Å². The Labute approximate surface area is 197 Å². The zero-order chi connectivity index (χ0) is 23.5. The molecule has 0 saturated heterocycles. The van der Waals surface area contributed by atoms with E-state index in [-0.39, 0.29) is 5.41 Å². The smallest absolute Gasteiger partial charge is 0.0985 e.